The molecule has 3 heteroatoms. The van der Waals surface area contributed by atoms with Gasteiger partial charge in [-0.15, -0.1) is 0 Å². The molecule has 0 spiro atoms. The Kier molecular flexibility index (Phi) is 3.25. The van der Waals surface area contributed by atoms with Gasteiger partial charge in [0.2, 0.25) is 0 Å². The molecule has 0 fully saturated rings. The third-order valence-electron chi connectivity index (χ3n) is 2.61. The van der Waals surface area contributed by atoms with Gasteiger partial charge < -0.3 is 9.57 Å². The van der Waals surface area contributed by atoms with Gasteiger partial charge in [0.25, 0.3) is 0 Å². The first kappa shape index (κ1) is 10.7. The van der Waals surface area contributed by atoms with E-state index in [1.54, 1.807) is 13.4 Å². The van der Waals surface area contributed by atoms with Gasteiger partial charge in [0.15, 0.2) is 0 Å². The summed E-state index contributed by atoms with van der Waals surface area (Å²) in [6, 6.07) is 6.06. The fraction of sp³-hybridized carbons (Fsp3) is 0.308. The van der Waals surface area contributed by atoms with Crippen LogP contribution in [0.3, 0.4) is 0 Å². The number of rotatable bonds is 3. The lowest BCUT2D eigenvalue weighted by atomic mass is 10.1. The molecule has 0 heterocycles. The molecule has 0 aliphatic heterocycles. The number of fused-ring (bicyclic) bond motifs is 1. The maximum Gasteiger partial charge on any atom is 0.119 e. The molecule has 1 aliphatic rings. The van der Waals surface area contributed by atoms with E-state index in [4.69, 9.17) is 9.57 Å². The number of methoxy groups -OCH3 is 1. The van der Waals surface area contributed by atoms with Gasteiger partial charge in [0.05, 0.1) is 12.8 Å². The van der Waals surface area contributed by atoms with Crippen molar-refractivity contribution < 1.29 is 9.57 Å². The second-order valence-corrected chi connectivity index (χ2v) is 3.64. The Balaban J connectivity index is 2.23. The fourth-order valence-electron chi connectivity index (χ4n) is 1.82. The molecule has 0 bridgehead atoms. The number of oxime groups is 1. The summed E-state index contributed by atoms with van der Waals surface area (Å²) >= 11 is 0. The molecule has 0 amide bonds. The van der Waals surface area contributed by atoms with Crippen LogP contribution >= 0.6 is 0 Å². The van der Waals surface area contributed by atoms with Crippen molar-refractivity contribution in [1.82, 2.24) is 0 Å². The summed E-state index contributed by atoms with van der Waals surface area (Å²) < 4.78 is 5.19. The number of benzene rings is 1. The molecule has 16 heavy (non-hydrogen) atoms. The molecule has 0 saturated carbocycles. The minimum atomic E-state index is 0.898. The largest absolute Gasteiger partial charge is 0.497 e. The van der Waals surface area contributed by atoms with E-state index < -0.39 is 0 Å². The van der Waals surface area contributed by atoms with Crippen molar-refractivity contribution in [2.75, 3.05) is 7.11 Å². The van der Waals surface area contributed by atoms with Gasteiger partial charge in [-0.25, -0.2) is 0 Å². The summed E-state index contributed by atoms with van der Waals surface area (Å²) in [6.07, 6.45) is 5.33. The molecule has 0 atom stereocenters. The third-order valence-corrected chi connectivity index (χ3v) is 2.61. The van der Waals surface area contributed by atoms with E-state index in [0.717, 1.165) is 24.3 Å². The van der Waals surface area contributed by atoms with Crippen molar-refractivity contribution in [3.8, 4) is 5.75 Å². The van der Waals surface area contributed by atoms with Crippen LogP contribution in [0.1, 0.15) is 24.5 Å². The number of allylic oxidation sites excluding steroid dienone is 1. The summed E-state index contributed by atoms with van der Waals surface area (Å²) in [5.74, 6) is 0.898. The fourth-order valence-corrected chi connectivity index (χ4v) is 1.82. The number of nitrogens with zero attached hydrogens (tertiary/aromatic N) is 1. The Hall–Kier alpha value is -1.77. The van der Waals surface area contributed by atoms with E-state index in [2.05, 4.69) is 11.2 Å². The number of aryl methyl sites for hydroxylation is 1. The SMILES string of the molecule is CC=CO/N=C1\CCc2cc(OC)ccc21. The Bertz CT molecular complexity index is 436. The quantitative estimate of drug-likeness (QED) is 0.575. The molecule has 0 N–H and O–H groups in total. The highest BCUT2D eigenvalue weighted by atomic mass is 16.6. The second kappa shape index (κ2) is 4.84. The van der Waals surface area contributed by atoms with Crippen molar-refractivity contribution in [2.45, 2.75) is 19.8 Å². The maximum absolute atomic E-state index is 5.19. The normalized spacial score (nSPS) is 16.8. The van der Waals surface area contributed by atoms with Crippen LogP contribution in [0.5, 0.6) is 5.75 Å². The van der Waals surface area contributed by atoms with Crippen molar-refractivity contribution in [3.05, 3.63) is 41.7 Å². The Morgan fingerprint density at radius 1 is 1.31 bits per heavy atom. The lowest BCUT2D eigenvalue weighted by molar-refractivity contribution is 0.267. The molecule has 0 unspecified atom stereocenters. The molecule has 84 valence electrons. The van der Waals surface area contributed by atoms with Crippen molar-refractivity contribution in [3.63, 3.8) is 0 Å². The number of hydrogen-bond donors (Lipinski definition) is 0. The molecule has 0 radical (unpaired) electrons. The summed E-state index contributed by atoms with van der Waals surface area (Å²) in [6.45, 7) is 1.90. The highest BCUT2D eigenvalue weighted by Gasteiger charge is 2.18. The Morgan fingerprint density at radius 3 is 2.94 bits per heavy atom. The summed E-state index contributed by atoms with van der Waals surface area (Å²) in [7, 11) is 1.68. The van der Waals surface area contributed by atoms with Gasteiger partial charge in [-0.1, -0.05) is 5.16 Å². The van der Waals surface area contributed by atoms with Gasteiger partial charge in [0, 0.05) is 5.56 Å². The molecule has 1 aromatic carbocycles. The summed E-state index contributed by atoms with van der Waals surface area (Å²) in [5.41, 5.74) is 3.46. The van der Waals surface area contributed by atoms with Crippen LogP contribution in [-0.2, 0) is 11.3 Å². The summed E-state index contributed by atoms with van der Waals surface area (Å²) in [5, 5.41) is 4.10. The van der Waals surface area contributed by atoms with Crippen LogP contribution in [0.2, 0.25) is 0 Å². The van der Waals surface area contributed by atoms with Gasteiger partial charge >= 0.3 is 0 Å². The zero-order valence-corrected chi connectivity index (χ0v) is 9.56. The predicted molar refractivity (Wildman–Crippen MR) is 63.8 cm³/mol. The third kappa shape index (κ3) is 2.08. The summed E-state index contributed by atoms with van der Waals surface area (Å²) in [4.78, 5) is 5.06. The van der Waals surface area contributed by atoms with E-state index in [-0.39, 0.29) is 0 Å². The van der Waals surface area contributed by atoms with E-state index in [1.165, 1.54) is 11.1 Å². The minimum Gasteiger partial charge on any atom is -0.497 e. The Morgan fingerprint density at radius 2 is 2.19 bits per heavy atom. The van der Waals surface area contributed by atoms with Crippen LogP contribution in [0.25, 0.3) is 0 Å². The first-order valence-corrected chi connectivity index (χ1v) is 5.36. The van der Waals surface area contributed by atoms with Crippen LogP contribution < -0.4 is 4.74 Å². The lowest BCUT2D eigenvalue weighted by Gasteiger charge is -2.03. The minimum absolute atomic E-state index is 0.898. The standard InChI is InChI=1S/C13H15NO2/c1-3-8-16-14-13-7-4-10-9-11(15-2)5-6-12(10)13/h3,5-6,8-9H,4,7H2,1-2H3/b8-3?,14-13+. The number of hydrogen-bond acceptors (Lipinski definition) is 3. The van der Waals surface area contributed by atoms with Crippen LogP contribution in [-0.4, -0.2) is 12.8 Å². The van der Waals surface area contributed by atoms with E-state index in [1.807, 2.05) is 25.1 Å². The van der Waals surface area contributed by atoms with Crippen molar-refractivity contribution >= 4 is 5.71 Å². The molecule has 0 saturated heterocycles. The molecule has 0 aromatic heterocycles. The smallest absolute Gasteiger partial charge is 0.119 e. The highest BCUT2D eigenvalue weighted by Crippen LogP contribution is 2.26. The second-order valence-electron chi connectivity index (χ2n) is 3.64. The molecular weight excluding hydrogens is 202 g/mol. The first-order chi connectivity index (χ1) is 7.85. The topological polar surface area (TPSA) is 30.8 Å². The number of ether oxygens (including phenoxy) is 1. The van der Waals surface area contributed by atoms with E-state index in [0.29, 0.717) is 0 Å². The van der Waals surface area contributed by atoms with Gasteiger partial charge in [-0.3, -0.25) is 0 Å². The monoisotopic (exact) mass is 217 g/mol. The highest BCUT2D eigenvalue weighted by molar-refractivity contribution is 6.04. The van der Waals surface area contributed by atoms with E-state index >= 15 is 0 Å². The van der Waals surface area contributed by atoms with E-state index in [9.17, 15) is 0 Å². The average molecular weight is 217 g/mol. The van der Waals surface area contributed by atoms with Gasteiger partial charge in [-0.2, -0.15) is 0 Å². The predicted octanol–water partition coefficient (Wildman–Crippen LogP) is 2.90. The molecule has 3 nitrogen and oxygen atoms in total. The van der Waals surface area contributed by atoms with Crippen LogP contribution in [0.15, 0.2) is 35.7 Å². The van der Waals surface area contributed by atoms with Crippen molar-refractivity contribution in [1.29, 1.82) is 0 Å². The molecule has 1 aliphatic carbocycles. The van der Waals surface area contributed by atoms with Gasteiger partial charge in [0.1, 0.15) is 12.0 Å². The molecular formula is C13H15NO2. The van der Waals surface area contributed by atoms with Gasteiger partial charge in [-0.05, 0) is 49.6 Å². The zero-order chi connectivity index (χ0) is 11.4. The maximum atomic E-state index is 5.19. The average Bonchev–Trinajstić information content (AvgIpc) is 2.72. The van der Waals surface area contributed by atoms with Crippen LogP contribution in [0.4, 0.5) is 0 Å². The lowest BCUT2D eigenvalue weighted by Crippen LogP contribution is -1.95. The first-order valence-electron chi connectivity index (χ1n) is 5.36. The molecule has 2 rings (SSSR count). The van der Waals surface area contributed by atoms with Crippen LogP contribution in [0, 0.1) is 0 Å². The van der Waals surface area contributed by atoms with Crippen molar-refractivity contribution in [2.24, 2.45) is 5.16 Å². The molecule has 1 aromatic rings. The zero-order valence-electron chi connectivity index (χ0n) is 9.56. The Labute approximate surface area is 95.4 Å².